The van der Waals surface area contributed by atoms with Crippen LogP contribution in [0.15, 0.2) is 22.9 Å². The van der Waals surface area contributed by atoms with Crippen LogP contribution in [0.25, 0.3) is 10.9 Å². The number of carbonyl (C=O) groups is 2. The van der Waals surface area contributed by atoms with E-state index < -0.39 is 42.4 Å². The molecule has 0 amide bonds. The van der Waals surface area contributed by atoms with E-state index in [2.05, 4.69) is 4.98 Å². The van der Waals surface area contributed by atoms with Gasteiger partial charge in [-0.2, -0.15) is 0 Å². The largest absolute Gasteiger partial charge is 0.398 e. The summed E-state index contributed by atoms with van der Waals surface area (Å²) in [4.78, 5) is 41.0. The van der Waals surface area contributed by atoms with Crippen molar-refractivity contribution >= 4 is 28.2 Å². The highest BCUT2D eigenvalue weighted by Crippen LogP contribution is 2.24. The quantitative estimate of drug-likeness (QED) is 0.627. The van der Waals surface area contributed by atoms with E-state index in [4.69, 9.17) is 11.2 Å². The molecule has 3 rings (SSSR count). The van der Waals surface area contributed by atoms with Crippen molar-refractivity contribution in [3.8, 4) is 0 Å². The molecule has 6 heteroatoms. The highest BCUT2D eigenvalue weighted by molar-refractivity contribution is 6.03. The lowest BCUT2D eigenvalue weighted by Gasteiger charge is -2.24. The number of ketones is 2. The SMILES string of the molecule is [2H]c1cc2nc(C)n(C3([2H])CC([2H])C(=O)CC3=O)c(=O)c2c(N)c1[2H]. The van der Waals surface area contributed by atoms with Crippen LogP contribution in [0.1, 0.15) is 36.6 Å². The predicted octanol–water partition coefficient (Wildman–Crippen LogP) is 1.15. The van der Waals surface area contributed by atoms with Gasteiger partial charge in [-0.3, -0.25) is 19.0 Å². The number of nitrogen functional groups attached to an aromatic ring is 1. The third-order valence-corrected chi connectivity index (χ3v) is 3.41. The lowest BCUT2D eigenvalue weighted by Crippen LogP contribution is -2.36. The van der Waals surface area contributed by atoms with Gasteiger partial charge in [0.05, 0.1) is 27.5 Å². The van der Waals surface area contributed by atoms with E-state index >= 15 is 0 Å². The molecule has 2 aromatic rings. The van der Waals surface area contributed by atoms with Crippen molar-refractivity contribution in [1.29, 1.82) is 0 Å². The zero-order valence-corrected chi connectivity index (χ0v) is 11.3. The summed E-state index contributed by atoms with van der Waals surface area (Å²) in [6.45, 7) is 1.42. The third kappa shape index (κ3) is 2.12. The first kappa shape index (κ1) is 9.44. The van der Waals surface area contributed by atoms with Gasteiger partial charge in [-0.15, -0.1) is 0 Å². The molecule has 0 radical (unpaired) electrons. The van der Waals surface area contributed by atoms with E-state index in [1.165, 1.54) is 13.0 Å². The summed E-state index contributed by atoms with van der Waals surface area (Å²) >= 11 is 0. The fourth-order valence-corrected chi connectivity index (χ4v) is 2.44. The van der Waals surface area contributed by atoms with E-state index in [-0.39, 0.29) is 34.5 Å². The van der Waals surface area contributed by atoms with Crippen LogP contribution in [0, 0.1) is 6.92 Å². The fourth-order valence-electron chi connectivity index (χ4n) is 2.44. The van der Waals surface area contributed by atoms with Crippen LogP contribution in [0.3, 0.4) is 0 Å². The zero-order chi connectivity index (χ0) is 18.7. The Bertz CT molecular complexity index is 1000. The second-order valence-corrected chi connectivity index (χ2v) is 4.81. The van der Waals surface area contributed by atoms with Gasteiger partial charge in [-0.25, -0.2) is 4.98 Å². The van der Waals surface area contributed by atoms with Crippen molar-refractivity contribution in [1.82, 2.24) is 9.55 Å². The molecule has 1 saturated carbocycles. The number of anilines is 1. The number of nitrogens with zero attached hydrogens (tertiary/aromatic N) is 2. The van der Waals surface area contributed by atoms with E-state index in [1.54, 1.807) is 0 Å². The van der Waals surface area contributed by atoms with Gasteiger partial charge < -0.3 is 5.73 Å². The van der Waals surface area contributed by atoms with Gasteiger partial charge in [0.15, 0.2) is 5.78 Å². The van der Waals surface area contributed by atoms with Crippen molar-refractivity contribution < 1.29 is 15.1 Å². The summed E-state index contributed by atoms with van der Waals surface area (Å²) in [6, 6.07) is -1.44. The molecule has 0 saturated heterocycles. The van der Waals surface area contributed by atoms with Crippen LogP contribution in [-0.4, -0.2) is 21.1 Å². The Kier molecular flexibility index (Phi) is 2.16. The lowest BCUT2D eigenvalue weighted by atomic mass is 9.92. The molecule has 2 unspecified atom stereocenters. The first-order valence-corrected chi connectivity index (χ1v) is 6.35. The lowest BCUT2D eigenvalue weighted by molar-refractivity contribution is -0.132. The average molecular weight is 289 g/mol. The van der Waals surface area contributed by atoms with Crippen LogP contribution >= 0.6 is 0 Å². The van der Waals surface area contributed by atoms with Gasteiger partial charge in [-0.05, 0) is 25.5 Å². The molecule has 1 aromatic carbocycles. The first-order valence-electron chi connectivity index (χ1n) is 8.43. The van der Waals surface area contributed by atoms with Gasteiger partial charge in [-0.1, -0.05) is 6.04 Å². The first-order chi connectivity index (χ1) is 11.6. The molecule has 0 spiro atoms. The number of hydrogen-bond acceptors (Lipinski definition) is 5. The average Bonchev–Trinajstić information content (AvgIpc) is 2.50. The minimum Gasteiger partial charge on any atom is -0.398 e. The second kappa shape index (κ2) is 4.80. The number of aromatic nitrogens is 2. The molecular formula is C15H15N3O3. The molecule has 1 fully saturated rings. The standard InChI is InChI=1S/C15H15N3O3/c1-8-17-11-4-2-3-10(16)14(11)15(21)18(8)12-6-5-9(19)7-13(12)20/h2-4,12H,5-7,16H2,1H3/i2D,3D,5D,12D. The van der Waals surface area contributed by atoms with Crippen LogP contribution in [0.4, 0.5) is 5.69 Å². The maximum atomic E-state index is 13.0. The molecule has 2 N–H and O–H groups in total. The summed E-state index contributed by atoms with van der Waals surface area (Å²) in [5.41, 5.74) is 4.85. The van der Waals surface area contributed by atoms with Gasteiger partial charge in [0.25, 0.3) is 5.56 Å². The number of nitrogens with two attached hydrogens (primary N) is 1. The van der Waals surface area contributed by atoms with Crippen molar-refractivity contribution in [2.45, 2.75) is 32.2 Å². The number of benzene rings is 1. The van der Waals surface area contributed by atoms with Gasteiger partial charge in [0.1, 0.15) is 11.6 Å². The molecule has 1 heterocycles. The second-order valence-electron chi connectivity index (χ2n) is 4.81. The summed E-state index contributed by atoms with van der Waals surface area (Å²) < 4.78 is 32.5. The summed E-state index contributed by atoms with van der Waals surface area (Å²) in [6.07, 6.45) is -2.33. The molecule has 0 aliphatic heterocycles. The number of Topliss-reactive ketones (excluding diaryl/α,β-unsaturated/α-hetero) is 2. The Balaban J connectivity index is 2.36. The van der Waals surface area contributed by atoms with Gasteiger partial charge >= 0.3 is 0 Å². The van der Waals surface area contributed by atoms with Gasteiger partial charge in [0.2, 0.25) is 0 Å². The van der Waals surface area contributed by atoms with Crippen molar-refractivity contribution in [2.75, 3.05) is 5.73 Å². The fraction of sp³-hybridized carbons (Fsp3) is 0.333. The molecule has 108 valence electrons. The van der Waals surface area contributed by atoms with Gasteiger partial charge in [0, 0.05) is 13.5 Å². The van der Waals surface area contributed by atoms with Crippen molar-refractivity contribution in [2.24, 2.45) is 0 Å². The normalized spacial score (nSPS) is 28.9. The minimum absolute atomic E-state index is 0.0407. The monoisotopic (exact) mass is 289 g/mol. The molecule has 1 aromatic heterocycles. The molecule has 1 aliphatic carbocycles. The Morgan fingerprint density at radius 2 is 2.29 bits per heavy atom. The van der Waals surface area contributed by atoms with Crippen molar-refractivity contribution in [3.05, 3.63) is 34.3 Å². The number of aryl methyl sites for hydroxylation is 1. The Hall–Kier alpha value is -2.50. The van der Waals surface area contributed by atoms with Crippen LogP contribution < -0.4 is 11.3 Å². The summed E-state index contributed by atoms with van der Waals surface area (Å²) in [5, 5.41) is -0.149. The maximum Gasteiger partial charge on any atom is 0.264 e. The van der Waals surface area contributed by atoms with Crippen molar-refractivity contribution in [3.63, 3.8) is 0 Å². The number of hydrogen-bond donors (Lipinski definition) is 1. The van der Waals surface area contributed by atoms with E-state index in [0.29, 0.717) is 0 Å². The Labute approximate surface area is 126 Å². The molecule has 2 atom stereocenters. The number of rotatable bonds is 1. The predicted molar refractivity (Wildman–Crippen MR) is 78.1 cm³/mol. The topological polar surface area (TPSA) is 95.0 Å². The molecule has 1 aliphatic rings. The van der Waals surface area contributed by atoms with E-state index in [1.807, 2.05) is 0 Å². The van der Waals surface area contributed by atoms with E-state index in [9.17, 15) is 14.4 Å². The van der Waals surface area contributed by atoms with E-state index in [0.717, 1.165) is 4.57 Å². The Morgan fingerprint density at radius 3 is 3.05 bits per heavy atom. The molecule has 0 bridgehead atoms. The zero-order valence-electron chi connectivity index (χ0n) is 15.3. The van der Waals surface area contributed by atoms with Crippen LogP contribution in [0.5, 0.6) is 0 Å². The minimum atomic E-state index is -2.13. The van der Waals surface area contributed by atoms with Crippen LogP contribution in [0.2, 0.25) is 0 Å². The number of fused-ring (bicyclic) bond motifs is 1. The summed E-state index contributed by atoms with van der Waals surface area (Å²) in [7, 11) is 0. The number of carbonyl (C=O) groups excluding carboxylic acids is 2. The third-order valence-electron chi connectivity index (χ3n) is 3.41. The van der Waals surface area contributed by atoms with Crippen LogP contribution in [-0.2, 0) is 9.59 Å². The highest BCUT2D eigenvalue weighted by atomic mass is 16.2. The summed E-state index contributed by atoms with van der Waals surface area (Å²) in [5.74, 6) is -1.33. The maximum absolute atomic E-state index is 13.0. The highest BCUT2D eigenvalue weighted by Gasteiger charge is 2.30. The molecule has 6 nitrogen and oxygen atoms in total. The molecule has 21 heavy (non-hydrogen) atoms. The smallest absolute Gasteiger partial charge is 0.264 e. The molecular weight excluding hydrogens is 270 g/mol. The Morgan fingerprint density at radius 1 is 1.52 bits per heavy atom.